The summed E-state index contributed by atoms with van der Waals surface area (Å²) in [5.74, 6) is 0.809. The quantitative estimate of drug-likeness (QED) is 0.674. The Kier molecular flexibility index (Phi) is 3.34. The van der Waals surface area contributed by atoms with Crippen molar-refractivity contribution >= 4 is 23.6 Å². The largest absolute Gasteiger partial charge is 0.494 e. The number of hydrogen-bond donors (Lipinski definition) is 0. The van der Waals surface area contributed by atoms with E-state index in [0.717, 1.165) is 27.8 Å². The number of nitrogens with zero attached hydrogens (tertiary/aromatic N) is 1. The van der Waals surface area contributed by atoms with Crippen LogP contribution in [0.15, 0.2) is 53.2 Å². The SMILES string of the molecule is CC1(C)OB(c2ccc3oc(-c4cccnc4)cc3c2)OC1(C)C. The third kappa shape index (κ3) is 2.45. The van der Waals surface area contributed by atoms with Crippen molar-refractivity contribution in [3.63, 3.8) is 0 Å². The van der Waals surface area contributed by atoms with Gasteiger partial charge in [-0.2, -0.15) is 0 Å². The lowest BCUT2D eigenvalue weighted by Crippen LogP contribution is -2.41. The van der Waals surface area contributed by atoms with E-state index in [2.05, 4.69) is 38.7 Å². The Hall–Kier alpha value is -2.11. The fourth-order valence-corrected chi connectivity index (χ4v) is 2.84. The van der Waals surface area contributed by atoms with Gasteiger partial charge in [0.2, 0.25) is 0 Å². The van der Waals surface area contributed by atoms with Crippen LogP contribution < -0.4 is 5.46 Å². The van der Waals surface area contributed by atoms with E-state index in [1.165, 1.54) is 0 Å². The molecule has 5 heteroatoms. The average molecular weight is 321 g/mol. The number of hydrogen-bond acceptors (Lipinski definition) is 4. The maximum Gasteiger partial charge on any atom is 0.494 e. The highest BCUT2D eigenvalue weighted by Gasteiger charge is 2.51. The van der Waals surface area contributed by atoms with Crippen LogP contribution in [0.1, 0.15) is 27.7 Å². The van der Waals surface area contributed by atoms with Crippen molar-refractivity contribution in [1.82, 2.24) is 4.98 Å². The molecule has 1 saturated heterocycles. The Bertz CT molecular complexity index is 870. The first-order valence-electron chi connectivity index (χ1n) is 8.15. The first kappa shape index (κ1) is 15.4. The summed E-state index contributed by atoms with van der Waals surface area (Å²) in [5.41, 5.74) is 2.12. The number of pyridine rings is 1. The van der Waals surface area contributed by atoms with E-state index in [1.807, 2.05) is 30.3 Å². The predicted octanol–water partition coefficient (Wildman–Crippen LogP) is 3.79. The monoisotopic (exact) mass is 321 g/mol. The maximum atomic E-state index is 6.13. The van der Waals surface area contributed by atoms with Gasteiger partial charge in [-0.15, -0.1) is 0 Å². The molecule has 0 atom stereocenters. The van der Waals surface area contributed by atoms with Crippen molar-refractivity contribution in [2.75, 3.05) is 0 Å². The van der Waals surface area contributed by atoms with Gasteiger partial charge in [0, 0.05) is 23.3 Å². The van der Waals surface area contributed by atoms with E-state index >= 15 is 0 Å². The Balaban J connectivity index is 1.70. The summed E-state index contributed by atoms with van der Waals surface area (Å²) >= 11 is 0. The molecule has 1 aromatic carbocycles. The summed E-state index contributed by atoms with van der Waals surface area (Å²) in [6.45, 7) is 8.24. The molecule has 0 amide bonds. The average Bonchev–Trinajstić information content (AvgIpc) is 3.06. The van der Waals surface area contributed by atoms with Gasteiger partial charge in [0.1, 0.15) is 11.3 Å². The van der Waals surface area contributed by atoms with Crippen LogP contribution in [0.3, 0.4) is 0 Å². The van der Waals surface area contributed by atoms with Crippen LogP contribution in [0.5, 0.6) is 0 Å². The molecule has 0 radical (unpaired) electrons. The van der Waals surface area contributed by atoms with Crippen LogP contribution in [0, 0.1) is 0 Å². The number of rotatable bonds is 2. The van der Waals surface area contributed by atoms with E-state index in [0.29, 0.717) is 0 Å². The minimum absolute atomic E-state index is 0.343. The Morgan fingerprint density at radius 1 is 0.958 bits per heavy atom. The highest BCUT2D eigenvalue weighted by atomic mass is 16.7. The van der Waals surface area contributed by atoms with Crippen molar-refractivity contribution in [3.8, 4) is 11.3 Å². The van der Waals surface area contributed by atoms with Crippen molar-refractivity contribution in [1.29, 1.82) is 0 Å². The first-order chi connectivity index (χ1) is 11.4. The molecule has 24 heavy (non-hydrogen) atoms. The van der Waals surface area contributed by atoms with E-state index in [4.69, 9.17) is 13.7 Å². The van der Waals surface area contributed by atoms with E-state index < -0.39 is 0 Å². The van der Waals surface area contributed by atoms with Crippen molar-refractivity contribution in [2.24, 2.45) is 0 Å². The lowest BCUT2D eigenvalue weighted by atomic mass is 9.79. The number of benzene rings is 1. The van der Waals surface area contributed by atoms with Crippen LogP contribution in [0.4, 0.5) is 0 Å². The molecule has 1 aliphatic heterocycles. The molecule has 1 aliphatic rings. The van der Waals surface area contributed by atoms with Gasteiger partial charge in [-0.25, -0.2) is 0 Å². The second-order valence-electron chi connectivity index (χ2n) is 7.24. The molecule has 0 unspecified atom stereocenters. The maximum absolute atomic E-state index is 6.13. The summed E-state index contributed by atoms with van der Waals surface area (Å²) in [6, 6.07) is 12.0. The van der Waals surface area contributed by atoms with Crippen molar-refractivity contribution < 1.29 is 13.7 Å². The zero-order valence-corrected chi connectivity index (χ0v) is 14.4. The highest BCUT2D eigenvalue weighted by molar-refractivity contribution is 6.62. The first-order valence-corrected chi connectivity index (χ1v) is 8.15. The van der Waals surface area contributed by atoms with Gasteiger partial charge in [-0.1, -0.05) is 12.1 Å². The molecule has 122 valence electrons. The van der Waals surface area contributed by atoms with E-state index in [-0.39, 0.29) is 18.3 Å². The van der Waals surface area contributed by atoms with E-state index in [1.54, 1.807) is 12.4 Å². The molecule has 0 N–H and O–H groups in total. The summed E-state index contributed by atoms with van der Waals surface area (Å²) in [7, 11) is -0.365. The Labute approximate surface area is 141 Å². The molecule has 2 aromatic heterocycles. The standard InChI is InChI=1S/C19H20BNO3/c1-18(2)19(3,4)24-20(23-18)15-7-8-16-14(10-15)11-17(22-16)13-6-5-9-21-12-13/h5-12H,1-4H3. The van der Waals surface area contributed by atoms with Crippen LogP contribution in [0.25, 0.3) is 22.3 Å². The lowest BCUT2D eigenvalue weighted by Gasteiger charge is -2.32. The normalized spacial score (nSPS) is 19.1. The molecule has 3 heterocycles. The Morgan fingerprint density at radius 2 is 1.71 bits per heavy atom. The molecule has 4 rings (SSSR count). The highest BCUT2D eigenvalue weighted by Crippen LogP contribution is 2.37. The number of fused-ring (bicyclic) bond motifs is 1. The fraction of sp³-hybridized carbons (Fsp3) is 0.316. The summed E-state index contributed by atoms with van der Waals surface area (Å²) in [5, 5.41) is 1.03. The van der Waals surface area contributed by atoms with Crippen LogP contribution >= 0.6 is 0 Å². The summed E-state index contributed by atoms with van der Waals surface area (Å²) in [6.07, 6.45) is 3.55. The fourth-order valence-electron chi connectivity index (χ4n) is 2.84. The number of aromatic nitrogens is 1. The molecular formula is C19H20BNO3. The second-order valence-corrected chi connectivity index (χ2v) is 7.24. The zero-order chi connectivity index (χ0) is 16.9. The third-order valence-electron chi connectivity index (χ3n) is 5.01. The predicted molar refractivity (Wildman–Crippen MR) is 95.2 cm³/mol. The van der Waals surface area contributed by atoms with Gasteiger partial charge in [0.25, 0.3) is 0 Å². The zero-order valence-electron chi connectivity index (χ0n) is 14.4. The minimum Gasteiger partial charge on any atom is -0.456 e. The van der Waals surface area contributed by atoms with Gasteiger partial charge >= 0.3 is 7.12 Å². The molecule has 1 fully saturated rings. The molecule has 0 bridgehead atoms. The molecule has 0 aliphatic carbocycles. The lowest BCUT2D eigenvalue weighted by molar-refractivity contribution is 0.00578. The molecule has 0 saturated carbocycles. The van der Waals surface area contributed by atoms with Gasteiger partial charge in [0.05, 0.1) is 11.2 Å². The van der Waals surface area contributed by atoms with Crippen molar-refractivity contribution in [2.45, 2.75) is 38.9 Å². The topological polar surface area (TPSA) is 44.5 Å². The van der Waals surface area contributed by atoms with Crippen LogP contribution in [0.2, 0.25) is 0 Å². The summed E-state index contributed by atoms with van der Waals surface area (Å²) < 4.78 is 18.2. The second kappa shape index (κ2) is 5.20. The Morgan fingerprint density at radius 3 is 2.38 bits per heavy atom. The van der Waals surface area contributed by atoms with Gasteiger partial charge < -0.3 is 13.7 Å². The van der Waals surface area contributed by atoms with Crippen LogP contribution in [-0.2, 0) is 9.31 Å². The molecule has 3 aromatic rings. The van der Waals surface area contributed by atoms with Gasteiger partial charge in [-0.05, 0) is 57.4 Å². The summed E-state index contributed by atoms with van der Waals surface area (Å²) in [4.78, 5) is 4.14. The third-order valence-corrected chi connectivity index (χ3v) is 5.01. The molecule has 4 nitrogen and oxygen atoms in total. The molecular weight excluding hydrogens is 301 g/mol. The smallest absolute Gasteiger partial charge is 0.456 e. The van der Waals surface area contributed by atoms with Gasteiger partial charge in [0.15, 0.2) is 0 Å². The van der Waals surface area contributed by atoms with Crippen molar-refractivity contribution in [3.05, 3.63) is 48.8 Å². The molecule has 0 spiro atoms. The number of furan rings is 1. The van der Waals surface area contributed by atoms with Crippen LogP contribution in [-0.4, -0.2) is 23.3 Å². The van der Waals surface area contributed by atoms with E-state index in [9.17, 15) is 0 Å². The van der Waals surface area contributed by atoms with Gasteiger partial charge in [-0.3, -0.25) is 4.98 Å². The minimum atomic E-state index is -0.365.